The minimum absolute atomic E-state index is 0.108. The second-order valence-electron chi connectivity index (χ2n) is 4.48. The van der Waals surface area contributed by atoms with Gasteiger partial charge in [-0.3, -0.25) is 4.79 Å². The molecule has 1 atom stereocenters. The number of amides is 1. The number of carbonyl (C=O) groups is 1. The van der Waals surface area contributed by atoms with E-state index in [0.717, 1.165) is 5.56 Å². The van der Waals surface area contributed by atoms with Gasteiger partial charge < -0.3 is 26.3 Å². The first-order valence-corrected chi connectivity index (χ1v) is 6.67. The average Bonchev–Trinajstić information content (AvgIpc) is 2.52. The minimum Gasteiger partial charge on any atom is -0.409 e. The number of ether oxygens (including phenoxy) is 1. The number of nitrogens with zero attached hydrogens (tertiary/aromatic N) is 1. The third-order valence-corrected chi connectivity index (χ3v) is 2.88. The van der Waals surface area contributed by atoms with Gasteiger partial charge in [0.1, 0.15) is 5.84 Å². The van der Waals surface area contributed by atoms with E-state index in [-0.39, 0.29) is 24.3 Å². The summed E-state index contributed by atoms with van der Waals surface area (Å²) in [4.78, 5) is 11.7. The lowest BCUT2D eigenvalue weighted by atomic mass is 10.0. The number of hydrogen-bond acceptors (Lipinski definition) is 5. The lowest BCUT2D eigenvalue weighted by molar-refractivity contribution is -0.120. The molecule has 0 spiro atoms. The van der Waals surface area contributed by atoms with Crippen LogP contribution < -0.4 is 16.4 Å². The fourth-order valence-corrected chi connectivity index (χ4v) is 1.81. The van der Waals surface area contributed by atoms with Crippen LogP contribution in [0.25, 0.3) is 0 Å². The summed E-state index contributed by atoms with van der Waals surface area (Å²) in [7, 11) is 1.58. The molecule has 0 bridgehead atoms. The average molecular weight is 294 g/mol. The molecule has 0 aromatic heterocycles. The lowest BCUT2D eigenvalue weighted by Crippen LogP contribution is -2.38. The molecule has 7 nitrogen and oxygen atoms in total. The summed E-state index contributed by atoms with van der Waals surface area (Å²) in [5.74, 6) is -0.0244. The number of benzene rings is 1. The van der Waals surface area contributed by atoms with Crippen molar-refractivity contribution >= 4 is 11.7 Å². The Morgan fingerprint density at radius 1 is 1.43 bits per heavy atom. The van der Waals surface area contributed by atoms with Crippen molar-refractivity contribution in [1.29, 1.82) is 0 Å². The molecule has 116 valence electrons. The van der Waals surface area contributed by atoms with Gasteiger partial charge >= 0.3 is 0 Å². The Kier molecular flexibility index (Phi) is 7.85. The summed E-state index contributed by atoms with van der Waals surface area (Å²) >= 11 is 0. The van der Waals surface area contributed by atoms with Crippen LogP contribution in [0, 0.1) is 0 Å². The molecule has 0 saturated heterocycles. The Morgan fingerprint density at radius 2 is 2.14 bits per heavy atom. The van der Waals surface area contributed by atoms with E-state index in [9.17, 15) is 4.79 Å². The number of methoxy groups -OCH3 is 1. The predicted molar refractivity (Wildman–Crippen MR) is 80.1 cm³/mol. The molecular formula is C14H22N4O3. The van der Waals surface area contributed by atoms with E-state index < -0.39 is 0 Å². The van der Waals surface area contributed by atoms with E-state index in [0.29, 0.717) is 19.6 Å². The number of hydrogen-bond donors (Lipinski definition) is 4. The van der Waals surface area contributed by atoms with Crippen molar-refractivity contribution in [1.82, 2.24) is 10.6 Å². The zero-order valence-corrected chi connectivity index (χ0v) is 12.1. The summed E-state index contributed by atoms with van der Waals surface area (Å²) in [6, 6.07) is 9.34. The molecule has 7 heteroatoms. The molecule has 1 rings (SSSR count). The summed E-state index contributed by atoms with van der Waals surface area (Å²) < 4.78 is 4.86. The van der Waals surface area contributed by atoms with E-state index >= 15 is 0 Å². The number of nitrogens with one attached hydrogen (secondary N) is 2. The van der Waals surface area contributed by atoms with Gasteiger partial charge in [0.2, 0.25) is 5.91 Å². The van der Waals surface area contributed by atoms with Gasteiger partial charge in [-0.2, -0.15) is 0 Å². The Balaban J connectivity index is 2.56. The number of rotatable bonds is 9. The number of carbonyl (C=O) groups excluding carboxylic acids is 1. The zero-order valence-electron chi connectivity index (χ0n) is 12.1. The Morgan fingerprint density at radius 3 is 2.76 bits per heavy atom. The van der Waals surface area contributed by atoms with E-state index in [1.54, 1.807) is 7.11 Å². The van der Waals surface area contributed by atoms with Crippen LogP contribution in [0.5, 0.6) is 0 Å². The maximum absolute atomic E-state index is 11.7. The maximum atomic E-state index is 11.7. The minimum atomic E-state index is -0.199. The van der Waals surface area contributed by atoms with Gasteiger partial charge in [-0.25, -0.2) is 0 Å². The van der Waals surface area contributed by atoms with Gasteiger partial charge in [-0.05, 0) is 5.56 Å². The smallest absolute Gasteiger partial charge is 0.234 e. The van der Waals surface area contributed by atoms with Crippen LogP contribution in [-0.4, -0.2) is 43.8 Å². The molecule has 0 saturated carbocycles. The normalized spacial score (nSPS) is 12.9. The van der Waals surface area contributed by atoms with Gasteiger partial charge in [0, 0.05) is 26.1 Å². The number of amidine groups is 1. The molecule has 5 N–H and O–H groups in total. The molecule has 0 aliphatic rings. The maximum Gasteiger partial charge on any atom is 0.234 e. The summed E-state index contributed by atoms with van der Waals surface area (Å²) in [6.07, 6.45) is 0.311. The standard InChI is InChI=1S/C14H22N4O3/c1-21-8-7-16-14(19)10-17-12(9-13(15)18-20)11-5-3-2-4-6-11/h2-6,12,17,20H,7-10H2,1H3,(H2,15,18)(H,16,19). The van der Waals surface area contributed by atoms with Crippen LogP contribution in [0.15, 0.2) is 35.5 Å². The third kappa shape index (κ3) is 6.73. The topological polar surface area (TPSA) is 109 Å². The van der Waals surface area contributed by atoms with Crippen molar-refractivity contribution in [3.63, 3.8) is 0 Å². The van der Waals surface area contributed by atoms with Crippen molar-refractivity contribution in [2.75, 3.05) is 26.8 Å². The number of nitrogens with two attached hydrogens (primary N) is 1. The van der Waals surface area contributed by atoms with Gasteiger partial charge in [0.25, 0.3) is 0 Å². The van der Waals surface area contributed by atoms with E-state index in [1.165, 1.54) is 0 Å². The van der Waals surface area contributed by atoms with Crippen LogP contribution in [0.4, 0.5) is 0 Å². The fraction of sp³-hybridized carbons (Fsp3) is 0.429. The second kappa shape index (κ2) is 9.73. The molecule has 1 aromatic rings. The molecule has 0 radical (unpaired) electrons. The zero-order chi connectivity index (χ0) is 15.5. The van der Waals surface area contributed by atoms with Crippen molar-refractivity contribution < 1.29 is 14.7 Å². The third-order valence-electron chi connectivity index (χ3n) is 2.88. The van der Waals surface area contributed by atoms with Gasteiger partial charge in [-0.1, -0.05) is 35.5 Å². The van der Waals surface area contributed by atoms with Crippen LogP contribution in [-0.2, 0) is 9.53 Å². The molecule has 21 heavy (non-hydrogen) atoms. The van der Waals surface area contributed by atoms with Gasteiger partial charge in [0.15, 0.2) is 0 Å². The molecule has 0 fully saturated rings. The Labute approximate surface area is 124 Å². The van der Waals surface area contributed by atoms with Crippen LogP contribution in [0.2, 0.25) is 0 Å². The molecule has 1 amide bonds. The van der Waals surface area contributed by atoms with Crippen LogP contribution >= 0.6 is 0 Å². The van der Waals surface area contributed by atoms with E-state index in [2.05, 4.69) is 15.8 Å². The molecule has 0 aliphatic heterocycles. The van der Waals surface area contributed by atoms with Crippen LogP contribution in [0.1, 0.15) is 18.0 Å². The highest BCUT2D eigenvalue weighted by Gasteiger charge is 2.14. The molecule has 1 aromatic carbocycles. The monoisotopic (exact) mass is 294 g/mol. The van der Waals surface area contributed by atoms with Crippen molar-refractivity contribution in [2.45, 2.75) is 12.5 Å². The highest BCUT2D eigenvalue weighted by atomic mass is 16.5. The van der Waals surface area contributed by atoms with Crippen molar-refractivity contribution in [2.24, 2.45) is 10.9 Å². The van der Waals surface area contributed by atoms with Gasteiger partial charge in [-0.15, -0.1) is 0 Å². The van der Waals surface area contributed by atoms with Crippen molar-refractivity contribution in [3.05, 3.63) is 35.9 Å². The molecule has 0 aliphatic carbocycles. The summed E-state index contributed by atoms with van der Waals surface area (Å²) in [5.41, 5.74) is 6.53. The van der Waals surface area contributed by atoms with Crippen molar-refractivity contribution in [3.8, 4) is 0 Å². The molecule has 1 unspecified atom stereocenters. The van der Waals surface area contributed by atoms with Gasteiger partial charge in [0.05, 0.1) is 13.2 Å². The largest absolute Gasteiger partial charge is 0.409 e. The first kappa shape index (κ1) is 16.9. The summed E-state index contributed by atoms with van der Waals surface area (Å²) in [5, 5.41) is 17.5. The SMILES string of the molecule is COCCNC(=O)CNC(C/C(N)=N/O)c1ccccc1. The molecule has 0 heterocycles. The molecular weight excluding hydrogens is 272 g/mol. The quantitative estimate of drug-likeness (QED) is 0.171. The first-order chi connectivity index (χ1) is 10.2. The highest BCUT2D eigenvalue weighted by molar-refractivity contribution is 5.81. The number of oxime groups is 1. The second-order valence-corrected chi connectivity index (χ2v) is 4.48. The fourth-order valence-electron chi connectivity index (χ4n) is 1.81. The van der Waals surface area contributed by atoms with Crippen LogP contribution in [0.3, 0.4) is 0 Å². The Bertz CT molecular complexity index is 451. The summed E-state index contributed by atoms with van der Waals surface area (Å²) in [6.45, 7) is 1.08. The lowest BCUT2D eigenvalue weighted by Gasteiger charge is -2.18. The highest BCUT2D eigenvalue weighted by Crippen LogP contribution is 2.15. The first-order valence-electron chi connectivity index (χ1n) is 6.67. The predicted octanol–water partition coefficient (Wildman–Crippen LogP) is 0.216. The van der Waals surface area contributed by atoms with E-state index in [4.69, 9.17) is 15.7 Å². The Hall–Kier alpha value is -2.12. The van der Waals surface area contributed by atoms with E-state index in [1.807, 2.05) is 30.3 Å².